The average molecular weight is 235 g/mol. The molecule has 5 nitrogen and oxygen atoms in total. The van der Waals surface area contributed by atoms with Gasteiger partial charge in [-0.3, -0.25) is 0 Å². The number of aromatic nitrogens is 4. The second kappa shape index (κ2) is 3.64. The molecule has 0 radical (unpaired) electrons. The van der Waals surface area contributed by atoms with Crippen LogP contribution in [0.4, 0.5) is 0 Å². The Morgan fingerprint density at radius 1 is 1.50 bits per heavy atom. The molecule has 16 heavy (non-hydrogen) atoms. The van der Waals surface area contributed by atoms with E-state index in [-0.39, 0.29) is 5.41 Å². The van der Waals surface area contributed by atoms with Crippen LogP contribution < -0.4 is 5.73 Å². The van der Waals surface area contributed by atoms with Crippen molar-refractivity contribution in [3.8, 4) is 10.7 Å². The Hall–Kier alpha value is -1.27. The molecular weight excluding hydrogens is 222 g/mol. The number of hydrogen-bond donors (Lipinski definition) is 2. The monoisotopic (exact) mass is 235 g/mol. The molecule has 0 aromatic carbocycles. The molecule has 0 spiro atoms. The van der Waals surface area contributed by atoms with Gasteiger partial charge in [-0.2, -0.15) is 15.4 Å². The molecule has 3 rings (SSSR count). The van der Waals surface area contributed by atoms with Crippen LogP contribution in [0.5, 0.6) is 0 Å². The van der Waals surface area contributed by atoms with Crippen LogP contribution in [0, 0.1) is 0 Å². The van der Waals surface area contributed by atoms with Crippen LogP contribution in [0.1, 0.15) is 25.0 Å². The Labute approximate surface area is 97.1 Å². The van der Waals surface area contributed by atoms with E-state index in [1.807, 2.05) is 0 Å². The van der Waals surface area contributed by atoms with Gasteiger partial charge in [0.05, 0.1) is 11.9 Å². The van der Waals surface area contributed by atoms with Crippen LogP contribution in [-0.4, -0.2) is 26.9 Å². The predicted molar refractivity (Wildman–Crippen MR) is 62.1 cm³/mol. The molecule has 0 atom stereocenters. The summed E-state index contributed by atoms with van der Waals surface area (Å²) in [6.07, 6.45) is 5.27. The van der Waals surface area contributed by atoms with Gasteiger partial charge in [0.2, 0.25) is 0 Å². The van der Waals surface area contributed by atoms with Gasteiger partial charge in [0, 0.05) is 17.3 Å². The Morgan fingerprint density at radius 2 is 2.38 bits per heavy atom. The van der Waals surface area contributed by atoms with Gasteiger partial charge in [-0.25, -0.2) is 4.98 Å². The topological polar surface area (TPSA) is 80.5 Å². The van der Waals surface area contributed by atoms with Crippen LogP contribution in [0.15, 0.2) is 11.6 Å². The third-order valence-corrected chi connectivity index (χ3v) is 4.25. The van der Waals surface area contributed by atoms with Crippen molar-refractivity contribution in [2.24, 2.45) is 5.73 Å². The van der Waals surface area contributed by atoms with Crippen molar-refractivity contribution in [3.05, 3.63) is 17.3 Å². The Morgan fingerprint density at radius 3 is 2.94 bits per heavy atom. The summed E-state index contributed by atoms with van der Waals surface area (Å²) in [4.78, 5) is 4.63. The van der Waals surface area contributed by atoms with E-state index in [2.05, 4.69) is 25.8 Å². The highest BCUT2D eigenvalue weighted by Crippen LogP contribution is 2.43. The lowest BCUT2D eigenvalue weighted by Crippen LogP contribution is -2.41. The fourth-order valence-electron chi connectivity index (χ4n) is 2.11. The van der Waals surface area contributed by atoms with E-state index in [0.29, 0.717) is 6.54 Å². The molecule has 0 unspecified atom stereocenters. The van der Waals surface area contributed by atoms with Crippen molar-refractivity contribution in [1.29, 1.82) is 0 Å². The van der Waals surface area contributed by atoms with Crippen LogP contribution in [0.25, 0.3) is 10.7 Å². The first kappa shape index (κ1) is 9.92. The number of aromatic amines is 1. The lowest BCUT2D eigenvalue weighted by atomic mass is 9.67. The fourth-order valence-corrected chi connectivity index (χ4v) is 3.00. The first-order chi connectivity index (χ1) is 7.84. The summed E-state index contributed by atoms with van der Waals surface area (Å²) in [5.74, 6) is 0. The maximum atomic E-state index is 5.86. The molecule has 84 valence electrons. The summed E-state index contributed by atoms with van der Waals surface area (Å²) in [6.45, 7) is 0.689. The average Bonchev–Trinajstić information content (AvgIpc) is 2.86. The van der Waals surface area contributed by atoms with Crippen molar-refractivity contribution in [2.45, 2.75) is 24.7 Å². The van der Waals surface area contributed by atoms with E-state index >= 15 is 0 Å². The maximum Gasteiger partial charge on any atom is 0.145 e. The number of thiazole rings is 1. The summed E-state index contributed by atoms with van der Waals surface area (Å²) in [7, 11) is 0. The van der Waals surface area contributed by atoms with Crippen molar-refractivity contribution in [1.82, 2.24) is 20.4 Å². The molecule has 1 fully saturated rings. The van der Waals surface area contributed by atoms with Gasteiger partial charge in [-0.1, -0.05) is 6.42 Å². The van der Waals surface area contributed by atoms with Gasteiger partial charge in [-0.05, 0) is 12.8 Å². The number of rotatable bonds is 3. The molecular formula is C10H13N5S. The van der Waals surface area contributed by atoms with E-state index in [1.165, 1.54) is 6.42 Å². The van der Waals surface area contributed by atoms with Crippen LogP contribution in [-0.2, 0) is 5.41 Å². The summed E-state index contributed by atoms with van der Waals surface area (Å²) in [5, 5.41) is 13.4. The summed E-state index contributed by atoms with van der Waals surface area (Å²) in [5.41, 5.74) is 7.93. The minimum absolute atomic E-state index is 0.137. The molecule has 0 amide bonds. The number of H-pyrrole nitrogens is 1. The van der Waals surface area contributed by atoms with E-state index in [1.54, 1.807) is 17.5 Å². The standard InChI is InChI=1S/C10H13N5S/c11-6-10(2-1-3-10)8-5-16-9(13-8)7-4-12-15-14-7/h4-5H,1-3,6,11H2,(H,12,14,15). The Kier molecular flexibility index (Phi) is 2.26. The van der Waals surface area contributed by atoms with Gasteiger partial charge < -0.3 is 5.73 Å². The van der Waals surface area contributed by atoms with Gasteiger partial charge in [0.1, 0.15) is 10.7 Å². The molecule has 3 N–H and O–H groups in total. The van der Waals surface area contributed by atoms with Gasteiger partial charge in [0.25, 0.3) is 0 Å². The number of hydrogen-bond acceptors (Lipinski definition) is 5. The molecule has 0 saturated heterocycles. The maximum absolute atomic E-state index is 5.86. The summed E-state index contributed by atoms with van der Waals surface area (Å²) in [6, 6.07) is 0. The van der Waals surface area contributed by atoms with E-state index in [0.717, 1.165) is 29.2 Å². The second-order valence-corrected chi connectivity index (χ2v) is 5.09. The molecule has 1 aliphatic rings. The van der Waals surface area contributed by atoms with Gasteiger partial charge in [0.15, 0.2) is 0 Å². The van der Waals surface area contributed by atoms with Crippen molar-refractivity contribution >= 4 is 11.3 Å². The molecule has 1 saturated carbocycles. The van der Waals surface area contributed by atoms with E-state index in [9.17, 15) is 0 Å². The zero-order valence-corrected chi connectivity index (χ0v) is 9.63. The first-order valence-electron chi connectivity index (χ1n) is 5.36. The summed E-state index contributed by atoms with van der Waals surface area (Å²) >= 11 is 1.61. The predicted octanol–water partition coefficient (Wildman–Crippen LogP) is 1.31. The minimum atomic E-state index is 0.137. The lowest BCUT2D eigenvalue weighted by Gasteiger charge is -2.39. The second-order valence-electron chi connectivity index (χ2n) is 4.23. The molecule has 0 bridgehead atoms. The first-order valence-corrected chi connectivity index (χ1v) is 6.24. The molecule has 0 aliphatic heterocycles. The zero-order valence-electron chi connectivity index (χ0n) is 8.81. The smallest absolute Gasteiger partial charge is 0.145 e. The van der Waals surface area contributed by atoms with E-state index in [4.69, 9.17) is 5.73 Å². The van der Waals surface area contributed by atoms with Crippen molar-refractivity contribution < 1.29 is 0 Å². The fraction of sp³-hybridized carbons (Fsp3) is 0.500. The number of nitrogens with two attached hydrogens (primary N) is 1. The van der Waals surface area contributed by atoms with Crippen molar-refractivity contribution in [3.63, 3.8) is 0 Å². The molecule has 6 heteroatoms. The highest BCUT2D eigenvalue weighted by atomic mass is 32.1. The largest absolute Gasteiger partial charge is 0.330 e. The lowest BCUT2D eigenvalue weighted by molar-refractivity contribution is 0.247. The van der Waals surface area contributed by atoms with Crippen LogP contribution in [0.3, 0.4) is 0 Å². The summed E-state index contributed by atoms with van der Waals surface area (Å²) < 4.78 is 0. The Bertz CT molecular complexity index is 466. The van der Waals surface area contributed by atoms with Gasteiger partial charge >= 0.3 is 0 Å². The molecule has 2 aromatic rings. The highest BCUT2D eigenvalue weighted by Gasteiger charge is 2.39. The zero-order chi connectivity index (χ0) is 11.0. The third-order valence-electron chi connectivity index (χ3n) is 3.38. The SMILES string of the molecule is NCC1(c2csc(-c3cn[nH]n3)n2)CCC1. The molecule has 1 aliphatic carbocycles. The highest BCUT2D eigenvalue weighted by molar-refractivity contribution is 7.13. The van der Waals surface area contributed by atoms with E-state index < -0.39 is 0 Å². The van der Waals surface area contributed by atoms with Crippen LogP contribution >= 0.6 is 11.3 Å². The quantitative estimate of drug-likeness (QED) is 0.840. The van der Waals surface area contributed by atoms with Crippen LogP contribution in [0.2, 0.25) is 0 Å². The minimum Gasteiger partial charge on any atom is -0.330 e. The number of nitrogens with one attached hydrogen (secondary N) is 1. The third kappa shape index (κ3) is 1.37. The Balaban J connectivity index is 1.93. The van der Waals surface area contributed by atoms with Crippen molar-refractivity contribution in [2.75, 3.05) is 6.54 Å². The normalized spacial score (nSPS) is 18.3. The molecule has 2 heterocycles. The number of nitrogens with zero attached hydrogens (tertiary/aromatic N) is 3. The molecule has 2 aromatic heterocycles. The van der Waals surface area contributed by atoms with Gasteiger partial charge in [-0.15, -0.1) is 11.3 Å².